The third-order valence-electron chi connectivity index (χ3n) is 3.63. The zero-order valence-electron chi connectivity index (χ0n) is 10.4. The molecule has 0 bridgehead atoms. The molecule has 0 amide bonds. The molecule has 2 nitrogen and oxygen atoms in total. The highest BCUT2D eigenvalue weighted by atomic mass is 79.9. The van der Waals surface area contributed by atoms with E-state index < -0.39 is 0 Å². The molecule has 1 aliphatic rings. The monoisotopic (exact) mass is 315 g/mol. The van der Waals surface area contributed by atoms with Crippen molar-refractivity contribution in [1.82, 2.24) is 4.90 Å². The van der Waals surface area contributed by atoms with Crippen LogP contribution in [0.5, 0.6) is 0 Å². The first-order valence-corrected chi connectivity index (χ1v) is 7.29. The highest BCUT2D eigenvalue weighted by Crippen LogP contribution is 2.27. The van der Waals surface area contributed by atoms with Crippen molar-refractivity contribution in [3.05, 3.63) is 34.1 Å². The van der Waals surface area contributed by atoms with Gasteiger partial charge in [0.2, 0.25) is 0 Å². The number of nitrogens with zero attached hydrogens (tertiary/aromatic N) is 1. The molecule has 1 aromatic rings. The third kappa shape index (κ3) is 3.31. The summed E-state index contributed by atoms with van der Waals surface area (Å²) in [6.45, 7) is 1.51. The molecule has 1 fully saturated rings. The second-order valence-electron chi connectivity index (χ2n) is 4.85. The minimum Gasteiger partial charge on any atom is -0.395 e. The average molecular weight is 316 g/mol. The van der Waals surface area contributed by atoms with Gasteiger partial charge in [-0.25, -0.2) is 4.39 Å². The Labute approximate surface area is 116 Å². The van der Waals surface area contributed by atoms with Gasteiger partial charge in [-0.15, -0.1) is 0 Å². The topological polar surface area (TPSA) is 23.5 Å². The lowest BCUT2D eigenvalue weighted by Gasteiger charge is -2.28. The van der Waals surface area contributed by atoms with E-state index in [0.717, 1.165) is 5.56 Å². The van der Waals surface area contributed by atoms with Crippen molar-refractivity contribution >= 4 is 15.9 Å². The molecule has 0 radical (unpaired) electrons. The van der Waals surface area contributed by atoms with Crippen LogP contribution in [0.3, 0.4) is 0 Å². The van der Waals surface area contributed by atoms with E-state index in [4.69, 9.17) is 0 Å². The fourth-order valence-electron chi connectivity index (χ4n) is 2.68. The summed E-state index contributed by atoms with van der Waals surface area (Å²) >= 11 is 3.30. The number of aliphatic hydroxyl groups is 1. The zero-order valence-corrected chi connectivity index (χ0v) is 12.0. The molecule has 1 saturated carbocycles. The Morgan fingerprint density at radius 1 is 1.33 bits per heavy atom. The van der Waals surface area contributed by atoms with Crippen LogP contribution in [-0.4, -0.2) is 29.2 Å². The predicted molar refractivity (Wildman–Crippen MR) is 73.9 cm³/mol. The van der Waals surface area contributed by atoms with Gasteiger partial charge in [0.1, 0.15) is 5.82 Å². The first-order valence-electron chi connectivity index (χ1n) is 6.50. The normalized spacial score (nSPS) is 16.7. The molecule has 0 atom stereocenters. The van der Waals surface area contributed by atoms with Crippen LogP contribution in [0.25, 0.3) is 0 Å². The lowest BCUT2D eigenvalue weighted by Crippen LogP contribution is -2.35. The van der Waals surface area contributed by atoms with E-state index in [2.05, 4.69) is 20.8 Å². The fourth-order valence-corrected chi connectivity index (χ4v) is 3.07. The van der Waals surface area contributed by atoms with Gasteiger partial charge >= 0.3 is 0 Å². The summed E-state index contributed by atoms with van der Waals surface area (Å²) in [5, 5.41) is 9.17. The van der Waals surface area contributed by atoms with E-state index in [0.29, 0.717) is 23.6 Å². The number of hydrogen-bond acceptors (Lipinski definition) is 2. The summed E-state index contributed by atoms with van der Waals surface area (Å²) in [5.74, 6) is -0.220. The predicted octanol–water partition coefficient (Wildman–Crippen LogP) is 3.33. The van der Waals surface area contributed by atoms with Crippen molar-refractivity contribution in [1.29, 1.82) is 0 Å². The van der Waals surface area contributed by atoms with Crippen LogP contribution < -0.4 is 0 Å². The van der Waals surface area contributed by atoms with Crippen molar-refractivity contribution < 1.29 is 9.50 Å². The van der Waals surface area contributed by atoms with Gasteiger partial charge in [0.15, 0.2) is 0 Å². The molecular weight excluding hydrogens is 297 g/mol. The Hall–Kier alpha value is -0.450. The van der Waals surface area contributed by atoms with Crippen LogP contribution >= 0.6 is 15.9 Å². The molecular formula is C14H19BrFNO. The van der Waals surface area contributed by atoms with Crippen LogP contribution in [0.15, 0.2) is 22.7 Å². The van der Waals surface area contributed by atoms with Gasteiger partial charge in [0, 0.05) is 19.1 Å². The average Bonchev–Trinajstić information content (AvgIpc) is 2.88. The summed E-state index contributed by atoms with van der Waals surface area (Å²) in [4.78, 5) is 2.27. The zero-order chi connectivity index (χ0) is 13.0. The van der Waals surface area contributed by atoms with E-state index >= 15 is 0 Å². The molecule has 1 aliphatic carbocycles. The van der Waals surface area contributed by atoms with E-state index in [1.165, 1.54) is 31.7 Å². The van der Waals surface area contributed by atoms with Crippen molar-refractivity contribution in [2.24, 2.45) is 0 Å². The van der Waals surface area contributed by atoms with Gasteiger partial charge in [-0.05, 0) is 40.4 Å². The molecule has 0 aliphatic heterocycles. The standard InChI is InChI=1S/C14H19BrFNO/c15-14-11(4-3-7-13(14)16)10-17(8-9-18)12-5-1-2-6-12/h3-4,7,12,18H,1-2,5-6,8-10H2. The fraction of sp³-hybridized carbons (Fsp3) is 0.571. The molecule has 100 valence electrons. The minimum absolute atomic E-state index is 0.156. The lowest BCUT2D eigenvalue weighted by molar-refractivity contribution is 0.144. The maximum atomic E-state index is 13.5. The van der Waals surface area contributed by atoms with E-state index in [9.17, 15) is 9.50 Å². The van der Waals surface area contributed by atoms with Crippen LogP contribution in [0.4, 0.5) is 4.39 Å². The van der Waals surface area contributed by atoms with Crippen molar-refractivity contribution in [2.75, 3.05) is 13.2 Å². The Bertz CT molecular complexity index is 393. The lowest BCUT2D eigenvalue weighted by atomic mass is 10.1. The summed E-state index contributed by atoms with van der Waals surface area (Å²) in [7, 11) is 0. The van der Waals surface area contributed by atoms with Crippen molar-refractivity contribution in [3.63, 3.8) is 0 Å². The Kier molecular flexibility index (Phi) is 5.15. The molecule has 4 heteroatoms. The van der Waals surface area contributed by atoms with Crippen molar-refractivity contribution in [3.8, 4) is 0 Å². The largest absolute Gasteiger partial charge is 0.395 e. The number of halogens is 2. The molecule has 0 saturated heterocycles. The third-order valence-corrected chi connectivity index (χ3v) is 4.52. The van der Waals surface area contributed by atoms with Crippen LogP contribution in [0.1, 0.15) is 31.2 Å². The first kappa shape index (κ1) is 14.0. The van der Waals surface area contributed by atoms with E-state index in [1.54, 1.807) is 6.07 Å². The van der Waals surface area contributed by atoms with Gasteiger partial charge in [-0.2, -0.15) is 0 Å². The van der Waals surface area contributed by atoms with Gasteiger partial charge in [0.25, 0.3) is 0 Å². The van der Waals surface area contributed by atoms with Crippen molar-refractivity contribution in [2.45, 2.75) is 38.3 Å². The highest BCUT2D eigenvalue weighted by Gasteiger charge is 2.23. The maximum Gasteiger partial charge on any atom is 0.137 e. The molecule has 0 spiro atoms. The molecule has 0 aromatic heterocycles. The van der Waals surface area contributed by atoms with Gasteiger partial charge in [0.05, 0.1) is 11.1 Å². The Morgan fingerprint density at radius 3 is 2.72 bits per heavy atom. The number of rotatable bonds is 5. The summed E-state index contributed by atoms with van der Waals surface area (Å²) in [6, 6.07) is 5.67. The molecule has 1 N–H and O–H groups in total. The van der Waals surface area contributed by atoms with Crippen LogP contribution in [0.2, 0.25) is 0 Å². The smallest absolute Gasteiger partial charge is 0.137 e. The van der Waals surface area contributed by atoms with E-state index in [1.807, 2.05) is 6.07 Å². The van der Waals surface area contributed by atoms with Gasteiger partial charge in [-0.1, -0.05) is 25.0 Å². The van der Waals surface area contributed by atoms with Gasteiger partial charge < -0.3 is 5.11 Å². The molecule has 0 heterocycles. The number of hydrogen-bond donors (Lipinski definition) is 1. The van der Waals surface area contributed by atoms with E-state index in [-0.39, 0.29) is 12.4 Å². The molecule has 0 unspecified atom stereocenters. The Morgan fingerprint density at radius 2 is 2.06 bits per heavy atom. The second kappa shape index (κ2) is 6.64. The SMILES string of the molecule is OCCN(Cc1cccc(F)c1Br)C1CCCC1. The Balaban J connectivity index is 2.10. The molecule has 1 aromatic carbocycles. The summed E-state index contributed by atoms with van der Waals surface area (Å²) in [6.07, 6.45) is 4.90. The second-order valence-corrected chi connectivity index (χ2v) is 5.64. The van der Waals surface area contributed by atoms with Crippen LogP contribution in [-0.2, 0) is 6.54 Å². The quantitative estimate of drug-likeness (QED) is 0.901. The summed E-state index contributed by atoms with van der Waals surface area (Å²) in [5.41, 5.74) is 0.954. The summed E-state index contributed by atoms with van der Waals surface area (Å²) < 4.78 is 14.0. The minimum atomic E-state index is -0.220. The highest BCUT2D eigenvalue weighted by molar-refractivity contribution is 9.10. The number of aliphatic hydroxyl groups excluding tert-OH is 1. The number of benzene rings is 1. The maximum absolute atomic E-state index is 13.5. The van der Waals surface area contributed by atoms with Gasteiger partial charge in [-0.3, -0.25) is 4.90 Å². The van der Waals surface area contributed by atoms with Crippen LogP contribution in [0, 0.1) is 5.82 Å². The molecule has 18 heavy (non-hydrogen) atoms. The first-order chi connectivity index (χ1) is 8.72. The molecule has 2 rings (SSSR count).